The van der Waals surface area contributed by atoms with E-state index in [0.717, 1.165) is 25.1 Å². The number of piperidine rings is 1. The zero-order valence-electron chi connectivity index (χ0n) is 10.8. The number of aliphatic hydroxyl groups is 1. The first kappa shape index (κ1) is 13.4. The van der Waals surface area contributed by atoms with Crippen molar-refractivity contribution in [1.29, 1.82) is 0 Å². The largest absolute Gasteiger partial charge is 0.388 e. The molecule has 1 aromatic rings. The Bertz CT molecular complexity index is 520. The van der Waals surface area contributed by atoms with Crippen LogP contribution in [0.25, 0.3) is 0 Å². The smallest absolute Gasteiger partial charge is 0.175 e. The van der Waals surface area contributed by atoms with E-state index in [2.05, 4.69) is 4.90 Å². The standard InChI is InChI=1S/C13H19NO3S/c1-13(15)8-3-9-14(10-13)11-4-6-12(7-5-11)18(2,16)17/h4-7,15H,3,8-10H2,1-2H3. The van der Waals surface area contributed by atoms with Gasteiger partial charge in [-0.05, 0) is 44.0 Å². The molecule has 0 aromatic heterocycles. The highest BCUT2D eigenvalue weighted by molar-refractivity contribution is 7.90. The molecular formula is C13H19NO3S. The van der Waals surface area contributed by atoms with Crippen molar-refractivity contribution in [2.45, 2.75) is 30.3 Å². The minimum atomic E-state index is -3.14. The van der Waals surface area contributed by atoms with E-state index in [1.54, 1.807) is 24.3 Å². The number of β-amino-alcohol motifs (C(OH)–C–C–N with tert-alkyl or cyclic N) is 1. The molecule has 0 amide bonds. The summed E-state index contributed by atoms with van der Waals surface area (Å²) in [6.07, 6.45) is 2.96. The highest BCUT2D eigenvalue weighted by Gasteiger charge is 2.28. The SMILES string of the molecule is CC1(O)CCCN(c2ccc(S(C)(=O)=O)cc2)C1. The number of anilines is 1. The lowest BCUT2D eigenvalue weighted by Gasteiger charge is -2.38. The Morgan fingerprint density at radius 1 is 1.28 bits per heavy atom. The second-order valence-corrected chi connectivity index (χ2v) is 7.30. The second-order valence-electron chi connectivity index (χ2n) is 5.29. The maximum atomic E-state index is 11.4. The summed E-state index contributed by atoms with van der Waals surface area (Å²) in [5.74, 6) is 0. The number of hydrogen-bond donors (Lipinski definition) is 1. The lowest BCUT2D eigenvalue weighted by atomic mass is 9.95. The van der Waals surface area contributed by atoms with Crippen molar-refractivity contribution in [1.82, 2.24) is 0 Å². The molecule has 0 saturated carbocycles. The number of nitrogens with zero attached hydrogens (tertiary/aromatic N) is 1. The van der Waals surface area contributed by atoms with Crippen LogP contribution < -0.4 is 4.90 Å². The summed E-state index contributed by atoms with van der Waals surface area (Å²) in [7, 11) is -3.14. The monoisotopic (exact) mass is 269 g/mol. The minimum Gasteiger partial charge on any atom is -0.388 e. The van der Waals surface area contributed by atoms with E-state index < -0.39 is 15.4 Å². The van der Waals surface area contributed by atoms with E-state index in [1.165, 1.54) is 6.26 Å². The Labute approximate surface area is 108 Å². The van der Waals surface area contributed by atoms with Gasteiger partial charge >= 0.3 is 0 Å². The lowest BCUT2D eigenvalue weighted by Crippen LogP contribution is -2.46. The average Bonchev–Trinajstić information content (AvgIpc) is 2.27. The third-order valence-electron chi connectivity index (χ3n) is 3.30. The van der Waals surface area contributed by atoms with E-state index in [-0.39, 0.29) is 0 Å². The third kappa shape index (κ3) is 3.03. The van der Waals surface area contributed by atoms with Crippen LogP contribution in [0.2, 0.25) is 0 Å². The average molecular weight is 269 g/mol. The van der Waals surface area contributed by atoms with Crippen molar-refractivity contribution in [3.63, 3.8) is 0 Å². The maximum absolute atomic E-state index is 11.4. The molecule has 1 unspecified atom stereocenters. The molecule has 1 N–H and O–H groups in total. The van der Waals surface area contributed by atoms with Crippen molar-refractivity contribution in [2.75, 3.05) is 24.2 Å². The predicted molar refractivity (Wildman–Crippen MR) is 71.6 cm³/mol. The van der Waals surface area contributed by atoms with Crippen molar-refractivity contribution < 1.29 is 13.5 Å². The number of benzene rings is 1. The Hall–Kier alpha value is -1.07. The molecular weight excluding hydrogens is 250 g/mol. The number of hydrogen-bond acceptors (Lipinski definition) is 4. The van der Waals surface area contributed by atoms with Gasteiger partial charge in [-0.1, -0.05) is 0 Å². The molecule has 1 saturated heterocycles. The molecule has 1 atom stereocenters. The molecule has 1 heterocycles. The first-order valence-electron chi connectivity index (χ1n) is 6.05. The molecule has 100 valence electrons. The highest BCUT2D eigenvalue weighted by Crippen LogP contribution is 2.26. The molecule has 2 rings (SSSR count). The first-order valence-corrected chi connectivity index (χ1v) is 7.95. The predicted octanol–water partition coefficient (Wildman–Crippen LogP) is 1.44. The van der Waals surface area contributed by atoms with Gasteiger partial charge in [0.25, 0.3) is 0 Å². The van der Waals surface area contributed by atoms with Gasteiger partial charge in [0.15, 0.2) is 9.84 Å². The molecule has 18 heavy (non-hydrogen) atoms. The van der Waals surface area contributed by atoms with Crippen LogP contribution in [0.1, 0.15) is 19.8 Å². The summed E-state index contributed by atoms with van der Waals surface area (Å²) in [6, 6.07) is 6.84. The fraction of sp³-hybridized carbons (Fsp3) is 0.538. The highest BCUT2D eigenvalue weighted by atomic mass is 32.2. The van der Waals surface area contributed by atoms with Crippen LogP contribution in [-0.2, 0) is 9.84 Å². The Morgan fingerprint density at radius 2 is 1.89 bits per heavy atom. The molecule has 0 radical (unpaired) electrons. The minimum absolute atomic E-state index is 0.329. The number of rotatable bonds is 2. The van der Waals surface area contributed by atoms with Crippen LogP contribution in [0.4, 0.5) is 5.69 Å². The van der Waals surface area contributed by atoms with E-state index >= 15 is 0 Å². The Balaban J connectivity index is 2.20. The van der Waals surface area contributed by atoms with Gasteiger partial charge in [0, 0.05) is 25.0 Å². The van der Waals surface area contributed by atoms with Crippen molar-refractivity contribution in [2.24, 2.45) is 0 Å². The molecule has 1 aromatic carbocycles. The fourth-order valence-corrected chi connectivity index (χ4v) is 2.98. The summed E-state index contributed by atoms with van der Waals surface area (Å²) in [5, 5.41) is 10.1. The summed E-state index contributed by atoms with van der Waals surface area (Å²) in [5.41, 5.74) is 0.302. The fourth-order valence-electron chi connectivity index (χ4n) is 2.34. The van der Waals surface area contributed by atoms with Gasteiger partial charge in [-0.15, -0.1) is 0 Å². The van der Waals surface area contributed by atoms with Crippen molar-refractivity contribution in [3.8, 4) is 0 Å². The molecule has 1 aliphatic heterocycles. The molecule has 1 fully saturated rings. The molecule has 4 nitrogen and oxygen atoms in total. The summed E-state index contributed by atoms with van der Waals surface area (Å²) >= 11 is 0. The normalized spacial score (nSPS) is 25.2. The van der Waals surface area contributed by atoms with Crippen LogP contribution >= 0.6 is 0 Å². The second kappa shape index (κ2) is 4.55. The van der Waals surface area contributed by atoms with E-state index in [4.69, 9.17) is 0 Å². The number of sulfone groups is 1. The molecule has 0 bridgehead atoms. The molecule has 1 aliphatic rings. The van der Waals surface area contributed by atoms with Gasteiger partial charge in [-0.3, -0.25) is 0 Å². The maximum Gasteiger partial charge on any atom is 0.175 e. The van der Waals surface area contributed by atoms with Crippen LogP contribution in [0.3, 0.4) is 0 Å². The topological polar surface area (TPSA) is 57.6 Å². The zero-order valence-corrected chi connectivity index (χ0v) is 11.6. The van der Waals surface area contributed by atoms with E-state index in [9.17, 15) is 13.5 Å². The Kier molecular flexibility index (Phi) is 3.38. The van der Waals surface area contributed by atoms with Crippen molar-refractivity contribution in [3.05, 3.63) is 24.3 Å². The van der Waals surface area contributed by atoms with Gasteiger partial charge in [-0.2, -0.15) is 0 Å². The van der Waals surface area contributed by atoms with Crippen molar-refractivity contribution >= 4 is 15.5 Å². The van der Waals surface area contributed by atoms with Gasteiger partial charge in [0.2, 0.25) is 0 Å². The van der Waals surface area contributed by atoms with Crippen LogP contribution in [0.5, 0.6) is 0 Å². The van der Waals surface area contributed by atoms with Gasteiger partial charge < -0.3 is 10.0 Å². The van der Waals surface area contributed by atoms with E-state index in [0.29, 0.717) is 11.4 Å². The quantitative estimate of drug-likeness (QED) is 0.882. The van der Waals surface area contributed by atoms with Gasteiger partial charge in [0.05, 0.1) is 10.5 Å². The van der Waals surface area contributed by atoms with Gasteiger partial charge in [0.1, 0.15) is 0 Å². The lowest BCUT2D eigenvalue weighted by molar-refractivity contribution is 0.0449. The van der Waals surface area contributed by atoms with Gasteiger partial charge in [-0.25, -0.2) is 8.42 Å². The van der Waals surface area contributed by atoms with Crippen LogP contribution in [0, 0.1) is 0 Å². The summed E-state index contributed by atoms with van der Waals surface area (Å²) in [6.45, 7) is 3.32. The molecule has 0 spiro atoms. The molecule has 5 heteroatoms. The van der Waals surface area contributed by atoms with E-state index in [1.807, 2.05) is 6.92 Å². The van der Waals surface area contributed by atoms with Crippen LogP contribution in [-0.4, -0.2) is 38.5 Å². The van der Waals surface area contributed by atoms with Crippen LogP contribution in [0.15, 0.2) is 29.2 Å². The first-order chi connectivity index (χ1) is 8.28. The molecule has 0 aliphatic carbocycles. The summed E-state index contributed by atoms with van der Waals surface area (Å²) in [4.78, 5) is 2.42. The summed E-state index contributed by atoms with van der Waals surface area (Å²) < 4.78 is 22.7. The third-order valence-corrected chi connectivity index (χ3v) is 4.43. The Morgan fingerprint density at radius 3 is 2.39 bits per heavy atom. The zero-order chi connectivity index (χ0) is 13.4.